The first kappa shape index (κ1) is 14.6. The molecule has 1 amide bonds. The summed E-state index contributed by atoms with van der Waals surface area (Å²) in [5.41, 5.74) is 2.19. The number of nitrogens with one attached hydrogen (secondary N) is 1. The van der Waals surface area contributed by atoms with E-state index in [4.69, 9.17) is 4.74 Å². The van der Waals surface area contributed by atoms with Crippen LogP contribution in [-0.2, 0) is 9.53 Å². The van der Waals surface area contributed by atoms with Crippen LogP contribution in [0.3, 0.4) is 0 Å². The van der Waals surface area contributed by atoms with Crippen molar-refractivity contribution in [2.45, 2.75) is 57.5 Å². The van der Waals surface area contributed by atoms with Crippen LogP contribution >= 0.6 is 0 Å². The van der Waals surface area contributed by atoms with Crippen molar-refractivity contribution in [3.05, 3.63) is 17.5 Å². The third-order valence-corrected chi connectivity index (χ3v) is 4.62. The zero-order valence-electron chi connectivity index (χ0n) is 12.8. The minimum Gasteiger partial charge on any atom is -0.378 e. The highest BCUT2D eigenvalue weighted by atomic mass is 16.5. The van der Waals surface area contributed by atoms with E-state index >= 15 is 0 Å². The Bertz CT molecular complexity index is 480. The largest absolute Gasteiger partial charge is 0.378 e. The van der Waals surface area contributed by atoms with E-state index in [9.17, 15) is 4.79 Å². The highest BCUT2D eigenvalue weighted by Crippen LogP contribution is 2.27. The van der Waals surface area contributed by atoms with Gasteiger partial charge in [-0.3, -0.25) is 9.89 Å². The summed E-state index contributed by atoms with van der Waals surface area (Å²) in [6.07, 6.45) is 6.26. The fraction of sp³-hybridized carbons (Fsp3) is 0.750. The van der Waals surface area contributed by atoms with Crippen molar-refractivity contribution in [3.63, 3.8) is 0 Å². The van der Waals surface area contributed by atoms with Gasteiger partial charge in [0.15, 0.2) is 0 Å². The smallest absolute Gasteiger partial charge is 0.222 e. The van der Waals surface area contributed by atoms with Gasteiger partial charge in [-0.15, -0.1) is 0 Å². The molecule has 1 aromatic heterocycles. The highest BCUT2D eigenvalue weighted by Gasteiger charge is 2.26. The van der Waals surface area contributed by atoms with Crippen LogP contribution in [0, 0.1) is 6.92 Å². The standard InChI is InChI=1S/C16H25N3O2/c1-12-10-15(18-17-12)13-4-2-8-19(11-13)16(20)7-6-14-5-3-9-21-14/h10,13-14H,2-9,11H2,1H3,(H,17,18). The van der Waals surface area contributed by atoms with Gasteiger partial charge in [-0.1, -0.05) is 0 Å². The molecule has 5 heteroatoms. The van der Waals surface area contributed by atoms with Crippen LogP contribution in [0.15, 0.2) is 6.07 Å². The molecule has 21 heavy (non-hydrogen) atoms. The fourth-order valence-corrected chi connectivity index (χ4v) is 3.41. The molecule has 2 atom stereocenters. The summed E-state index contributed by atoms with van der Waals surface area (Å²) in [7, 11) is 0. The van der Waals surface area contributed by atoms with Crippen LogP contribution in [0.1, 0.15) is 55.8 Å². The molecular weight excluding hydrogens is 266 g/mol. The number of aryl methyl sites for hydroxylation is 1. The van der Waals surface area contributed by atoms with Crippen LogP contribution in [0.4, 0.5) is 0 Å². The Labute approximate surface area is 126 Å². The lowest BCUT2D eigenvalue weighted by atomic mass is 9.94. The number of hydrogen-bond donors (Lipinski definition) is 1. The van der Waals surface area contributed by atoms with Gasteiger partial charge in [0.05, 0.1) is 11.8 Å². The van der Waals surface area contributed by atoms with E-state index in [1.165, 1.54) is 0 Å². The summed E-state index contributed by atoms with van der Waals surface area (Å²) in [6, 6.07) is 2.10. The van der Waals surface area contributed by atoms with Gasteiger partial charge in [0, 0.05) is 37.7 Å². The molecule has 3 rings (SSSR count). The van der Waals surface area contributed by atoms with Crippen molar-refractivity contribution in [3.8, 4) is 0 Å². The first-order chi connectivity index (χ1) is 10.2. The number of H-pyrrole nitrogens is 1. The van der Waals surface area contributed by atoms with Gasteiger partial charge in [0.25, 0.3) is 0 Å². The van der Waals surface area contributed by atoms with Crippen molar-refractivity contribution >= 4 is 5.91 Å². The topological polar surface area (TPSA) is 58.2 Å². The number of hydrogen-bond acceptors (Lipinski definition) is 3. The zero-order chi connectivity index (χ0) is 14.7. The van der Waals surface area contributed by atoms with E-state index in [0.29, 0.717) is 18.4 Å². The van der Waals surface area contributed by atoms with Crippen molar-refractivity contribution in [2.24, 2.45) is 0 Å². The molecule has 0 bridgehead atoms. The minimum atomic E-state index is 0.280. The molecular formula is C16H25N3O2. The van der Waals surface area contributed by atoms with Crippen molar-refractivity contribution < 1.29 is 9.53 Å². The van der Waals surface area contributed by atoms with Crippen molar-refractivity contribution in [2.75, 3.05) is 19.7 Å². The predicted molar refractivity (Wildman–Crippen MR) is 80.1 cm³/mol. The first-order valence-corrected chi connectivity index (χ1v) is 8.13. The summed E-state index contributed by atoms with van der Waals surface area (Å²) < 4.78 is 5.60. The Kier molecular flexibility index (Phi) is 4.58. The number of rotatable bonds is 4. The second-order valence-corrected chi connectivity index (χ2v) is 6.33. The summed E-state index contributed by atoms with van der Waals surface area (Å²) in [4.78, 5) is 14.4. The molecule has 2 fully saturated rings. The van der Waals surface area contributed by atoms with Crippen molar-refractivity contribution in [1.82, 2.24) is 15.1 Å². The lowest BCUT2D eigenvalue weighted by Crippen LogP contribution is -2.39. The van der Waals surface area contributed by atoms with Gasteiger partial charge in [-0.2, -0.15) is 5.10 Å². The van der Waals surface area contributed by atoms with Gasteiger partial charge >= 0.3 is 0 Å². The van der Waals surface area contributed by atoms with E-state index < -0.39 is 0 Å². The highest BCUT2D eigenvalue weighted by molar-refractivity contribution is 5.76. The molecule has 0 aliphatic carbocycles. The minimum absolute atomic E-state index is 0.280. The number of aromatic nitrogens is 2. The van der Waals surface area contributed by atoms with E-state index in [-0.39, 0.29) is 5.91 Å². The molecule has 2 aliphatic rings. The Morgan fingerprint density at radius 2 is 2.38 bits per heavy atom. The van der Waals surface area contributed by atoms with E-state index in [1.54, 1.807) is 0 Å². The number of ether oxygens (including phenoxy) is 1. The van der Waals surface area contributed by atoms with Gasteiger partial charge < -0.3 is 9.64 Å². The summed E-state index contributed by atoms with van der Waals surface area (Å²) in [6.45, 7) is 4.59. The summed E-state index contributed by atoms with van der Waals surface area (Å²) in [5, 5.41) is 7.36. The Morgan fingerprint density at radius 1 is 1.48 bits per heavy atom. The lowest BCUT2D eigenvalue weighted by molar-refractivity contribution is -0.133. The number of carbonyl (C=O) groups is 1. The average Bonchev–Trinajstić information content (AvgIpc) is 3.16. The van der Waals surface area contributed by atoms with Crippen LogP contribution in [0.25, 0.3) is 0 Å². The molecule has 1 aromatic rings. The Hall–Kier alpha value is -1.36. The molecule has 2 saturated heterocycles. The van der Waals surface area contributed by atoms with Gasteiger partial charge in [-0.25, -0.2) is 0 Å². The molecule has 2 unspecified atom stereocenters. The summed E-state index contributed by atoms with van der Waals surface area (Å²) in [5.74, 6) is 0.665. The van der Waals surface area contributed by atoms with E-state index in [1.807, 2.05) is 11.8 Å². The van der Waals surface area contributed by atoms with E-state index in [0.717, 1.165) is 63.2 Å². The second-order valence-electron chi connectivity index (χ2n) is 6.33. The van der Waals surface area contributed by atoms with Crippen LogP contribution in [0.5, 0.6) is 0 Å². The first-order valence-electron chi connectivity index (χ1n) is 8.13. The molecule has 116 valence electrons. The van der Waals surface area contributed by atoms with Gasteiger partial charge in [0.1, 0.15) is 0 Å². The average molecular weight is 291 g/mol. The lowest BCUT2D eigenvalue weighted by Gasteiger charge is -2.32. The Morgan fingerprint density at radius 3 is 3.10 bits per heavy atom. The zero-order valence-corrected chi connectivity index (χ0v) is 12.8. The van der Waals surface area contributed by atoms with Gasteiger partial charge in [0.2, 0.25) is 5.91 Å². The van der Waals surface area contributed by atoms with Crippen LogP contribution in [0.2, 0.25) is 0 Å². The SMILES string of the molecule is Cc1cc(C2CCCN(C(=O)CCC3CCCO3)C2)n[nH]1. The second kappa shape index (κ2) is 6.60. The molecule has 0 spiro atoms. The quantitative estimate of drug-likeness (QED) is 0.926. The van der Waals surface area contributed by atoms with Crippen molar-refractivity contribution in [1.29, 1.82) is 0 Å². The maximum absolute atomic E-state index is 12.4. The van der Waals surface area contributed by atoms with Crippen LogP contribution < -0.4 is 0 Å². The monoisotopic (exact) mass is 291 g/mol. The molecule has 1 N–H and O–H groups in total. The summed E-state index contributed by atoms with van der Waals surface area (Å²) >= 11 is 0. The number of carbonyl (C=O) groups excluding carboxylic acids is 1. The van der Waals surface area contributed by atoms with Gasteiger partial charge in [-0.05, 0) is 45.1 Å². The molecule has 0 saturated carbocycles. The molecule has 0 aromatic carbocycles. The predicted octanol–water partition coefficient (Wildman–Crippen LogP) is 2.38. The van der Waals surface area contributed by atoms with Crippen LogP contribution in [-0.4, -0.2) is 46.8 Å². The molecule has 5 nitrogen and oxygen atoms in total. The number of aromatic amines is 1. The fourth-order valence-electron chi connectivity index (χ4n) is 3.41. The Balaban J connectivity index is 1.51. The molecule has 2 aliphatic heterocycles. The third-order valence-electron chi connectivity index (χ3n) is 4.62. The number of likely N-dealkylation sites (tertiary alicyclic amines) is 1. The number of piperidine rings is 1. The molecule has 3 heterocycles. The molecule has 0 radical (unpaired) electrons. The number of nitrogens with zero attached hydrogens (tertiary/aromatic N) is 2. The third kappa shape index (κ3) is 3.64. The number of amides is 1. The maximum atomic E-state index is 12.4. The maximum Gasteiger partial charge on any atom is 0.222 e. The normalized spacial score (nSPS) is 26.2. The van der Waals surface area contributed by atoms with E-state index in [2.05, 4.69) is 16.3 Å².